The van der Waals surface area contributed by atoms with Gasteiger partial charge in [-0.15, -0.1) is 0 Å². The van der Waals surface area contributed by atoms with E-state index in [0.29, 0.717) is 12.1 Å². The molecule has 0 aliphatic carbocycles. The molecule has 0 saturated carbocycles. The molecule has 2 heterocycles. The van der Waals surface area contributed by atoms with Crippen molar-refractivity contribution >= 4 is 5.52 Å². The van der Waals surface area contributed by atoms with Gasteiger partial charge in [-0.05, 0) is 30.7 Å². The number of nitrogens with zero attached hydrogens (tertiary/aromatic N) is 3. The van der Waals surface area contributed by atoms with E-state index in [1.54, 1.807) is 22.4 Å². The van der Waals surface area contributed by atoms with Gasteiger partial charge in [0, 0.05) is 18.0 Å². The first-order valence-electron chi connectivity index (χ1n) is 8.43. The van der Waals surface area contributed by atoms with Gasteiger partial charge in [-0.2, -0.15) is 5.10 Å². The summed E-state index contributed by atoms with van der Waals surface area (Å²) in [5, 5.41) is 4.53. The molecule has 2 aromatic heterocycles. The molecule has 0 aliphatic rings. The standard InChI is InChI=1S/C21H19N3O2/c1-15-6-8-17(9-7-15)19-13-20-21(25)23(10-11-24(20)22-19)14-16-4-3-5-18(12-16)26-2/h3-13H,14H2,1-2H3. The summed E-state index contributed by atoms with van der Waals surface area (Å²) in [6.45, 7) is 2.53. The van der Waals surface area contributed by atoms with Crippen molar-refractivity contribution in [3.8, 4) is 17.0 Å². The summed E-state index contributed by atoms with van der Waals surface area (Å²) in [6.07, 6.45) is 3.58. The molecule has 5 heteroatoms. The van der Waals surface area contributed by atoms with Crippen molar-refractivity contribution in [2.45, 2.75) is 13.5 Å². The molecule has 0 aliphatic heterocycles. The zero-order valence-electron chi connectivity index (χ0n) is 14.7. The first kappa shape index (κ1) is 16.1. The average Bonchev–Trinajstić information content (AvgIpc) is 3.10. The lowest BCUT2D eigenvalue weighted by molar-refractivity contribution is 0.414. The second-order valence-corrected chi connectivity index (χ2v) is 6.31. The Morgan fingerprint density at radius 3 is 2.62 bits per heavy atom. The van der Waals surface area contributed by atoms with Crippen LogP contribution < -0.4 is 10.3 Å². The molecule has 4 rings (SSSR count). The zero-order valence-corrected chi connectivity index (χ0v) is 14.7. The lowest BCUT2D eigenvalue weighted by Crippen LogP contribution is -2.21. The molecule has 2 aromatic carbocycles. The van der Waals surface area contributed by atoms with Crippen LogP contribution in [0.4, 0.5) is 0 Å². The number of aromatic nitrogens is 3. The van der Waals surface area contributed by atoms with Crippen LogP contribution in [0.3, 0.4) is 0 Å². The number of aryl methyl sites for hydroxylation is 1. The molecule has 0 saturated heterocycles. The number of fused-ring (bicyclic) bond motifs is 1. The zero-order chi connectivity index (χ0) is 18.1. The minimum atomic E-state index is -0.0684. The van der Waals surface area contributed by atoms with E-state index in [0.717, 1.165) is 22.6 Å². The molecule has 0 bridgehead atoms. The Bertz CT molecular complexity index is 1120. The Balaban J connectivity index is 1.72. The van der Waals surface area contributed by atoms with Crippen molar-refractivity contribution < 1.29 is 4.74 Å². The molecular formula is C21H19N3O2. The monoisotopic (exact) mass is 345 g/mol. The summed E-state index contributed by atoms with van der Waals surface area (Å²) >= 11 is 0. The van der Waals surface area contributed by atoms with Crippen LogP contribution in [0, 0.1) is 6.92 Å². The average molecular weight is 345 g/mol. The Kier molecular flexibility index (Phi) is 4.05. The van der Waals surface area contributed by atoms with Gasteiger partial charge in [0.25, 0.3) is 5.56 Å². The van der Waals surface area contributed by atoms with Crippen LogP contribution in [0.5, 0.6) is 5.75 Å². The van der Waals surface area contributed by atoms with Gasteiger partial charge >= 0.3 is 0 Å². The van der Waals surface area contributed by atoms with Crippen LogP contribution in [-0.4, -0.2) is 21.3 Å². The fourth-order valence-corrected chi connectivity index (χ4v) is 2.98. The smallest absolute Gasteiger partial charge is 0.276 e. The van der Waals surface area contributed by atoms with E-state index in [1.807, 2.05) is 67.7 Å². The molecular weight excluding hydrogens is 326 g/mol. The minimum absolute atomic E-state index is 0.0684. The fourth-order valence-electron chi connectivity index (χ4n) is 2.98. The van der Waals surface area contributed by atoms with E-state index in [2.05, 4.69) is 5.10 Å². The van der Waals surface area contributed by atoms with Gasteiger partial charge in [0.15, 0.2) is 0 Å². The highest BCUT2D eigenvalue weighted by molar-refractivity contribution is 5.65. The van der Waals surface area contributed by atoms with Crippen molar-refractivity contribution in [2.24, 2.45) is 0 Å². The second-order valence-electron chi connectivity index (χ2n) is 6.31. The van der Waals surface area contributed by atoms with E-state index in [9.17, 15) is 4.79 Å². The molecule has 0 unspecified atom stereocenters. The number of methoxy groups -OCH3 is 1. The predicted octanol–water partition coefficient (Wildman–Crippen LogP) is 3.53. The minimum Gasteiger partial charge on any atom is -0.497 e. The van der Waals surface area contributed by atoms with Gasteiger partial charge in [0.2, 0.25) is 0 Å². The highest BCUT2D eigenvalue weighted by Crippen LogP contribution is 2.19. The van der Waals surface area contributed by atoms with Gasteiger partial charge in [0.05, 0.1) is 19.3 Å². The van der Waals surface area contributed by atoms with E-state index in [-0.39, 0.29) is 5.56 Å². The normalized spacial score (nSPS) is 11.0. The third-order valence-electron chi connectivity index (χ3n) is 4.44. The fraction of sp³-hybridized carbons (Fsp3) is 0.143. The molecule has 130 valence electrons. The lowest BCUT2D eigenvalue weighted by Gasteiger charge is -2.07. The predicted molar refractivity (Wildman–Crippen MR) is 102 cm³/mol. The number of benzene rings is 2. The Labute approximate surface area is 151 Å². The molecule has 0 spiro atoms. The molecule has 5 nitrogen and oxygen atoms in total. The Hall–Kier alpha value is -3.34. The van der Waals surface area contributed by atoms with Crippen LogP contribution >= 0.6 is 0 Å². The van der Waals surface area contributed by atoms with Crippen molar-refractivity contribution in [1.82, 2.24) is 14.2 Å². The summed E-state index contributed by atoms with van der Waals surface area (Å²) in [5.41, 5.74) is 4.48. The quantitative estimate of drug-likeness (QED) is 0.568. The van der Waals surface area contributed by atoms with Crippen LogP contribution in [0.2, 0.25) is 0 Å². The first-order valence-corrected chi connectivity index (χ1v) is 8.43. The molecule has 0 amide bonds. The van der Waals surface area contributed by atoms with Crippen LogP contribution in [0.15, 0.2) is 71.8 Å². The van der Waals surface area contributed by atoms with Gasteiger partial charge in [-0.25, -0.2) is 4.52 Å². The largest absolute Gasteiger partial charge is 0.497 e. The SMILES string of the molecule is COc1cccc(Cn2ccn3nc(-c4ccc(C)cc4)cc3c2=O)c1. The highest BCUT2D eigenvalue weighted by atomic mass is 16.5. The van der Waals surface area contributed by atoms with E-state index >= 15 is 0 Å². The third-order valence-corrected chi connectivity index (χ3v) is 4.44. The van der Waals surface area contributed by atoms with Crippen LogP contribution in [-0.2, 0) is 6.54 Å². The second kappa shape index (κ2) is 6.52. The maximum atomic E-state index is 12.9. The number of hydrogen-bond donors (Lipinski definition) is 0. The summed E-state index contributed by atoms with van der Waals surface area (Å²) in [7, 11) is 1.64. The Morgan fingerprint density at radius 1 is 1.04 bits per heavy atom. The van der Waals surface area contributed by atoms with Crippen molar-refractivity contribution in [3.05, 3.63) is 88.5 Å². The first-order chi connectivity index (χ1) is 12.6. The molecule has 0 N–H and O–H groups in total. The van der Waals surface area contributed by atoms with Crippen LogP contribution in [0.25, 0.3) is 16.8 Å². The van der Waals surface area contributed by atoms with Crippen molar-refractivity contribution in [1.29, 1.82) is 0 Å². The van der Waals surface area contributed by atoms with Gasteiger partial charge < -0.3 is 9.30 Å². The third kappa shape index (κ3) is 2.99. The molecule has 26 heavy (non-hydrogen) atoms. The molecule has 0 atom stereocenters. The van der Waals surface area contributed by atoms with Gasteiger partial charge in [-0.3, -0.25) is 4.79 Å². The molecule has 0 radical (unpaired) electrons. The topological polar surface area (TPSA) is 48.5 Å². The number of ether oxygens (including phenoxy) is 1. The van der Waals surface area contributed by atoms with E-state index in [1.165, 1.54) is 5.56 Å². The maximum Gasteiger partial charge on any atom is 0.276 e. The Morgan fingerprint density at radius 2 is 1.85 bits per heavy atom. The summed E-state index contributed by atoms with van der Waals surface area (Å²) in [6, 6.07) is 17.7. The summed E-state index contributed by atoms with van der Waals surface area (Å²) in [5.74, 6) is 0.780. The summed E-state index contributed by atoms with van der Waals surface area (Å²) in [4.78, 5) is 12.9. The van der Waals surface area contributed by atoms with Gasteiger partial charge in [0.1, 0.15) is 11.3 Å². The molecule has 4 aromatic rings. The van der Waals surface area contributed by atoms with Crippen molar-refractivity contribution in [2.75, 3.05) is 7.11 Å². The van der Waals surface area contributed by atoms with Crippen LogP contribution in [0.1, 0.15) is 11.1 Å². The summed E-state index contributed by atoms with van der Waals surface area (Å²) < 4.78 is 8.58. The maximum absolute atomic E-state index is 12.9. The van der Waals surface area contributed by atoms with E-state index in [4.69, 9.17) is 4.74 Å². The van der Waals surface area contributed by atoms with Crippen molar-refractivity contribution in [3.63, 3.8) is 0 Å². The highest BCUT2D eigenvalue weighted by Gasteiger charge is 2.09. The lowest BCUT2D eigenvalue weighted by atomic mass is 10.1. The van der Waals surface area contributed by atoms with Gasteiger partial charge in [-0.1, -0.05) is 42.0 Å². The number of rotatable bonds is 4. The van der Waals surface area contributed by atoms with E-state index < -0.39 is 0 Å². The molecule has 0 fully saturated rings. The number of hydrogen-bond acceptors (Lipinski definition) is 3.